The van der Waals surface area contributed by atoms with Crippen LogP contribution in [0.5, 0.6) is 0 Å². The smallest absolute Gasteiger partial charge is 0.338 e. The van der Waals surface area contributed by atoms with Crippen LogP contribution in [0.25, 0.3) is 0 Å². The minimum atomic E-state index is -0.388. The molecule has 0 aromatic heterocycles. The summed E-state index contributed by atoms with van der Waals surface area (Å²) in [4.78, 5) is 11.9. The van der Waals surface area contributed by atoms with Crippen LogP contribution in [-0.2, 0) is 17.8 Å². The van der Waals surface area contributed by atoms with E-state index in [1.54, 1.807) is 24.3 Å². The van der Waals surface area contributed by atoms with Crippen molar-refractivity contribution >= 4 is 5.97 Å². The number of hydrogen-bond donors (Lipinski definition) is 1. The third kappa shape index (κ3) is 3.66. The molecule has 0 saturated heterocycles. The van der Waals surface area contributed by atoms with Gasteiger partial charge in [0.2, 0.25) is 0 Å². The standard InChI is InChI=1S/C16H16O3/c17-12-14-8-4-5-9-15(14)16(18)19-11-10-13-6-2-1-3-7-13/h1-9,17H,10-12H2. The van der Waals surface area contributed by atoms with Crippen molar-refractivity contribution in [2.75, 3.05) is 6.61 Å². The first-order valence-electron chi connectivity index (χ1n) is 6.21. The van der Waals surface area contributed by atoms with E-state index in [9.17, 15) is 4.79 Å². The Morgan fingerprint density at radius 3 is 2.42 bits per heavy atom. The highest BCUT2D eigenvalue weighted by molar-refractivity contribution is 5.91. The van der Waals surface area contributed by atoms with Crippen molar-refractivity contribution in [2.24, 2.45) is 0 Å². The van der Waals surface area contributed by atoms with Gasteiger partial charge in [0.15, 0.2) is 0 Å². The third-order valence-electron chi connectivity index (χ3n) is 2.87. The van der Waals surface area contributed by atoms with Crippen LogP contribution >= 0.6 is 0 Å². The number of ether oxygens (including phenoxy) is 1. The van der Waals surface area contributed by atoms with Crippen molar-refractivity contribution in [3.05, 3.63) is 71.3 Å². The normalized spacial score (nSPS) is 10.2. The van der Waals surface area contributed by atoms with Gasteiger partial charge in [-0.05, 0) is 17.2 Å². The number of aliphatic hydroxyl groups excluding tert-OH is 1. The van der Waals surface area contributed by atoms with Crippen LogP contribution in [0.15, 0.2) is 54.6 Å². The van der Waals surface area contributed by atoms with E-state index in [1.165, 1.54) is 0 Å². The van der Waals surface area contributed by atoms with Crippen molar-refractivity contribution < 1.29 is 14.6 Å². The van der Waals surface area contributed by atoms with Crippen LogP contribution in [0.1, 0.15) is 21.5 Å². The van der Waals surface area contributed by atoms with Crippen molar-refractivity contribution in [1.82, 2.24) is 0 Å². The third-order valence-corrected chi connectivity index (χ3v) is 2.87. The minimum absolute atomic E-state index is 0.163. The molecule has 0 spiro atoms. The number of rotatable bonds is 5. The molecule has 2 aromatic carbocycles. The molecule has 2 rings (SSSR count). The van der Waals surface area contributed by atoms with Gasteiger partial charge < -0.3 is 9.84 Å². The molecule has 0 bridgehead atoms. The SMILES string of the molecule is O=C(OCCc1ccccc1)c1ccccc1CO. The van der Waals surface area contributed by atoms with Crippen molar-refractivity contribution in [1.29, 1.82) is 0 Å². The second-order valence-electron chi connectivity index (χ2n) is 4.19. The Morgan fingerprint density at radius 1 is 1.00 bits per heavy atom. The fraction of sp³-hybridized carbons (Fsp3) is 0.188. The van der Waals surface area contributed by atoms with Gasteiger partial charge in [-0.25, -0.2) is 4.79 Å². The summed E-state index contributed by atoms with van der Waals surface area (Å²) in [5.41, 5.74) is 2.15. The number of aliphatic hydroxyl groups is 1. The Hall–Kier alpha value is -2.13. The maximum atomic E-state index is 11.9. The van der Waals surface area contributed by atoms with Gasteiger partial charge in [-0.3, -0.25) is 0 Å². The first-order valence-corrected chi connectivity index (χ1v) is 6.21. The maximum absolute atomic E-state index is 11.9. The highest BCUT2D eigenvalue weighted by atomic mass is 16.5. The Balaban J connectivity index is 1.91. The quantitative estimate of drug-likeness (QED) is 0.836. The zero-order chi connectivity index (χ0) is 13.5. The fourth-order valence-corrected chi connectivity index (χ4v) is 1.84. The molecule has 0 unspecified atom stereocenters. The number of hydrogen-bond acceptors (Lipinski definition) is 3. The Bertz CT molecular complexity index is 535. The largest absolute Gasteiger partial charge is 0.462 e. The average molecular weight is 256 g/mol. The van der Waals surface area contributed by atoms with E-state index in [0.29, 0.717) is 24.2 Å². The van der Waals surface area contributed by atoms with Gasteiger partial charge in [-0.2, -0.15) is 0 Å². The molecule has 0 radical (unpaired) electrons. The van der Waals surface area contributed by atoms with Gasteiger partial charge in [0, 0.05) is 6.42 Å². The molecule has 3 nitrogen and oxygen atoms in total. The van der Waals surface area contributed by atoms with Crippen molar-refractivity contribution in [2.45, 2.75) is 13.0 Å². The van der Waals surface area contributed by atoms with E-state index in [2.05, 4.69) is 0 Å². The second-order valence-corrected chi connectivity index (χ2v) is 4.19. The predicted octanol–water partition coefficient (Wildman–Crippen LogP) is 2.58. The molecule has 19 heavy (non-hydrogen) atoms. The van der Waals surface area contributed by atoms with Crippen LogP contribution in [-0.4, -0.2) is 17.7 Å². The zero-order valence-corrected chi connectivity index (χ0v) is 10.6. The molecule has 0 aliphatic carbocycles. The lowest BCUT2D eigenvalue weighted by molar-refractivity contribution is 0.0506. The van der Waals surface area contributed by atoms with E-state index in [4.69, 9.17) is 9.84 Å². The molecule has 0 heterocycles. The molecule has 98 valence electrons. The molecule has 3 heteroatoms. The summed E-state index contributed by atoms with van der Waals surface area (Å²) in [7, 11) is 0. The molecular weight excluding hydrogens is 240 g/mol. The predicted molar refractivity (Wildman–Crippen MR) is 72.8 cm³/mol. The van der Waals surface area contributed by atoms with E-state index in [-0.39, 0.29) is 12.6 Å². The van der Waals surface area contributed by atoms with Gasteiger partial charge in [0.05, 0.1) is 18.8 Å². The molecular formula is C16H16O3. The summed E-state index contributed by atoms with van der Waals surface area (Å²) in [6.07, 6.45) is 0.688. The maximum Gasteiger partial charge on any atom is 0.338 e. The second kappa shape index (κ2) is 6.71. The summed E-state index contributed by atoms with van der Waals surface area (Å²) in [6, 6.07) is 16.8. The van der Waals surface area contributed by atoms with Crippen molar-refractivity contribution in [3.8, 4) is 0 Å². The molecule has 0 saturated carbocycles. The highest BCUT2D eigenvalue weighted by Crippen LogP contribution is 2.10. The van der Waals surface area contributed by atoms with Gasteiger partial charge in [-0.15, -0.1) is 0 Å². The van der Waals surface area contributed by atoms with Crippen LogP contribution in [0, 0.1) is 0 Å². The summed E-state index contributed by atoms with van der Waals surface area (Å²) < 4.78 is 5.22. The van der Waals surface area contributed by atoms with Crippen LogP contribution in [0.2, 0.25) is 0 Å². The molecule has 0 aliphatic rings. The zero-order valence-electron chi connectivity index (χ0n) is 10.6. The van der Waals surface area contributed by atoms with Crippen LogP contribution in [0.3, 0.4) is 0 Å². The first-order chi connectivity index (χ1) is 9.31. The molecule has 0 atom stereocenters. The number of benzene rings is 2. The molecule has 0 amide bonds. The average Bonchev–Trinajstić information content (AvgIpc) is 2.48. The van der Waals surface area contributed by atoms with Crippen LogP contribution in [0.4, 0.5) is 0 Å². The lowest BCUT2D eigenvalue weighted by atomic mass is 10.1. The lowest BCUT2D eigenvalue weighted by Crippen LogP contribution is -2.10. The van der Waals surface area contributed by atoms with Crippen molar-refractivity contribution in [3.63, 3.8) is 0 Å². The Labute approximate surface area is 112 Å². The summed E-state index contributed by atoms with van der Waals surface area (Å²) >= 11 is 0. The molecule has 1 N–H and O–H groups in total. The minimum Gasteiger partial charge on any atom is -0.462 e. The number of esters is 1. The van der Waals surface area contributed by atoms with E-state index in [1.807, 2.05) is 30.3 Å². The topological polar surface area (TPSA) is 46.5 Å². The van der Waals surface area contributed by atoms with Gasteiger partial charge >= 0.3 is 5.97 Å². The molecule has 0 fully saturated rings. The summed E-state index contributed by atoms with van der Waals surface area (Å²) in [5.74, 6) is -0.388. The Kier molecular flexibility index (Phi) is 4.70. The van der Waals surface area contributed by atoms with E-state index in [0.717, 1.165) is 5.56 Å². The van der Waals surface area contributed by atoms with Crippen LogP contribution < -0.4 is 0 Å². The number of carbonyl (C=O) groups is 1. The molecule has 2 aromatic rings. The molecule has 0 aliphatic heterocycles. The highest BCUT2D eigenvalue weighted by Gasteiger charge is 2.11. The van der Waals surface area contributed by atoms with Gasteiger partial charge in [-0.1, -0.05) is 48.5 Å². The Morgan fingerprint density at radius 2 is 1.68 bits per heavy atom. The number of carbonyl (C=O) groups excluding carboxylic acids is 1. The summed E-state index contributed by atoms with van der Waals surface area (Å²) in [6.45, 7) is 0.173. The van der Waals surface area contributed by atoms with E-state index >= 15 is 0 Å². The summed E-state index contributed by atoms with van der Waals surface area (Å²) in [5, 5.41) is 9.16. The van der Waals surface area contributed by atoms with Gasteiger partial charge in [0.1, 0.15) is 0 Å². The first kappa shape index (κ1) is 13.3. The fourth-order valence-electron chi connectivity index (χ4n) is 1.84. The lowest BCUT2D eigenvalue weighted by Gasteiger charge is -2.08. The van der Waals surface area contributed by atoms with Gasteiger partial charge in [0.25, 0.3) is 0 Å². The monoisotopic (exact) mass is 256 g/mol. The van der Waals surface area contributed by atoms with E-state index < -0.39 is 0 Å².